The van der Waals surface area contributed by atoms with Crippen LogP contribution < -0.4 is 86.0 Å². The molecule has 0 aliphatic heterocycles. The summed E-state index contributed by atoms with van der Waals surface area (Å²) >= 11 is 0. The van der Waals surface area contributed by atoms with Crippen LogP contribution in [0.1, 0.15) is 0 Å². The topological polar surface area (TPSA) is 19.4 Å². The molecule has 0 radical (unpaired) electrons. The first-order valence-electron chi connectivity index (χ1n) is 19.0. The van der Waals surface area contributed by atoms with Crippen LogP contribution in [0.25, 0.3) is 0 Å². The predicted octanol–water partition coefficient (Wildman–Crippen LogP) is 1.29. The van der Waals surface area contributed by atoms with Gasteiger partial charge in [0.1, 0.15) is 0 Å². The van der Waals surface area contributed by atoms with Crippen LogP contribution >= 0.6 is 15.8 Å². The smallest absolute Gasteiger partial charge is 1.00 e. The summed E-state index contributed by atoms with van der Waals surface area (Å²) in [5.41, 5.74) is 7.36. The molecular weight excluding hydrogens is 994 g/mol. The first-order valence-corrected chi connectivity index (χ1v) is 21.7. The first-order chi connectivity index (χ1) is 26.7. The van der Waals surface area contributed by atoms with Crippen molar-refractivity contribution in [2.45, 2.75) is 0 Å². The molecule has 0 saturated carbocycles. The van der Waals surface area contributed by atoms with Gasteiger partial charge in [0.05, 0.1) is 0 Å². The number of rotatable bonds is 12. The summed E-state index contributed by atoms with van der Waals surface area (Å²) in [6, 6.07) is 53.9. The standard InChI is InChI=1S/2C24H30N3P.2ClH.Hg/c2*1-25(2)19-7-13-22(14-8-19)28(23-15-9-20(10-16-23)26(3)4)24-17-11-21(12-18-24)27(5)6;;;/h2*7-18H,1-6H3;2*1H;/q;;;;+2/p-2. The summed E-state index contributed by atoms with van der Waals surface area (Å²) in [4.78, 5) is 12.9. The van der Waals surface area contributed by atoms with E-state index in [2.05, 4.69) is 260 Å². The summed E-state index contributed by atoms with van der Waals surface area (Å²) in [7, 11) is 23.8. The van der Waals surface area contributed by atoms with E-state index in [4.69, 9.17) is 0 Å². The fraction of sp³-hybridized carbons (Fsp3) is 0.250. The molecule has 0 fully saturated rings. The van der Waals surface area contributed by atoms with Crippen molar-refractivity contribution >= 4 is 81.8 Å². The number of hydrogen-bond donors (Lipinski definition) is 0. The summed E-state index contributed by atoms with van der Waals surface area (Å²) in [6.07, 6.45) is 0. The molecule has 0 N–H and O–H groups in total. The SMILES string of the molecule is CN(C)c1ccc(P(c2ccc(N(C)C)cc2)c2ccc(N(C)C)cc2)cc1.CN(C)c1ccc(P(c2ccc(N(C)C)cc2)c2ccc(N(C)C)cc2)cc1.[Cl-].[Cl-].[Hg+2]. The van der Waals surface area contributed by atoms with E-state index < -0.39 is 15.8 Å². The summed E-state index contributed by atoms with van der Waals surface area (Å²) in [5.74, 6) is 0. The Morgan fingerprint density at radius 3 is 0.407 bits per heavy atom. The van der Waals surface area contributed by atoms with Gasteiger partial charge in [-0.3, -0.25) is 0 Å². The molecule has 0 aromatic heterocycles. The molecule has 59 heavy (non-hydrogen) atoms. The van der Waals surface area contributed by atoms with Gasteiger partial charge < -0.3 is 54.2 Å². The Bertz CT molecular complexity index is 1690. The second-order valence-electron chi connectivity index (χ2n) is 15.1. The molecule has 0 atom stereocenters. The zero-order chi connectivity index (χ0) is 40.5. The van der Waals surface area contributed by atoms with Crippen molar-refractivity contribution in [3.63, 3.8) is 0 Å². The van der Waals surface area contributed by atoms with E-state index in [1.807, 2.05) is 0 Å². The molecule has 308 valence electrons. The average Bonchev–Trinajstić information content (AvgIpc) is 3.19. The average molecular weight is 1050 g/mol. The Balaban J connectivity index is 0.000000387. The molecule has 0 amide bonds. The molecule has 11 heteroatoms. The van der Waals surface area contributed by atoms with Gasteiger partial charge >= 0.3 is 27.7 Å². The van der Waals surface area contributed by atoms with Gasteiger partial charge in [-0.2, -0.15) is 0 Å². The maximum atomic E-state index is 2.28. The van der Waals surface area contributed by atoms with E-state index in [9.17, 15) is 0 Å². The molecule has 0 spiro atoms. The Morgan fingerprint density at radius 1 is 0.220 bits per heavy atom. The Morgan fingerprint density at radius 2 is 0.322 bits per heavy atom. The molecule has 6 rings (SSSR count). The Hall–Kier alpha value is -3.50. The van der Waals surface area contributed by atoms with E-state index in [1.165, 1.54) is 66.0 Å². The maximum Gasteiger partial charge on any atom is 2.00 e. The molecule has 0 aliphatic carbocycles. The van der Waals surface area contributed by atoms with E-state index in [-0.39, 0.29) is 52.5 Å². The Labute approximate surface area is 391 Å². The van der Waals surface area contributed by atoms with Crippen LogP contribution in [0.3, 0.4) is 0 Å². The van der Waals surface area contributed by atoms with Crippen LogP contribution in [0, 0.1) is 0 Å². The van der Waals surface area contributed by atoms with Gasteiger partial charge in [-0.1, -0.05) is 72.8 Å². The van der Waals surface area contributed by atoms with E-state index in [0.717, 1.165) is 0 Å². The zero-order valence-electron chi connectivity index (χ0n) is 36.9. The van der Waals surface area contributed by atoms with Crippen LogP contribution in [0.4, 0.5) is 34.1 Å². The number of halogens is 2. The van der Waals surface area contributed by atoms with Crippen molar-refractivity contribution in [2.24, 2.45) is 0 Å². The molecule has 6 aromatic rings. The normalized spacial score (nSPS) is 10.3. The summed E-state index contributed by atoms with van der Waals surface area (Å²) in [5, 5.41) is 8.23. The van der Waals surface area contributed by atoms with E-state index >= 15 is 0 Å². The second kappa shape index (κ2) is 24.1. The predicted molar refractivity (Wildman–Crippen MR) is 256 cm³/mol. The van der Waals surface area contributed by atoms with Crippen molar-refractivity contribution in [2.75, 3.05) is 114 Å². The molecule has 0 saturated heterocycles. The second-order valence-corrected chi connectivity index (χ2v) is 19.6. The third-order valence-corrected chi connectivity index (χ3v) is 14.6. The zero-order valence-corrected chi connectivity index (χ0v) is 45.7. The minimum Gasteiger partial charge on any atom is -1.00 e. The van der Waals surface area contributed by atoms with Crippen molar-refractivity contribution in [1.82, 2.24) is 0 Å². The summed E-state index contributed by atoms with van der Waals surface area (Å²) < 4.78 is 0. The molecule has 6 nitrogen and oxygen atoms in total. The Kier molecular flexibility index (Phi) is 21.1. The van der Waals surface area contributed by atoms with Gasteiger partial charge in [0, 0.05) is 119 Å². The molecule has 0 heterocycles. The number of benzene rings is 6. The molecule has 0 aliphatic rings. The van der Waals surface area contributed by atoms with E-state index in [1.54, 1.807) is 0 Å². The van der Waals surface area contributed by atoms with Crippen molar-refractivity contribution in [1.29, 1.82) is 0 Å². The molecule has 0 unspecified atom stereocenters. The van der Waals surface area contributed by atoms with Gasteiger partial charge in [-0.15, -0.1) is 0 Å². The van der Waals surface area contributed by atoms with Crippen molar-refractivity contribution in [3.8, 4) is 0 Å². The first kappa shape index (κ1) is 51.6. The van der Waals surface area contributed by atoms with Crippen LogP contribution in [0.15, 0.2) is 146 Å². The third kappa shape index (κ3) is 13.8. The minimum atomic E-state index is -0.597. The maximum absolute atomic E-state index is 2.28. The monoisotopic (exact) mass is 1050 g/mol. The quantitative estimate of drug-likeness (QED) is 0.135. The van der Waals surface area contributed by atoms with Crippen LogP contribution in [-0.2, 0) is 27.7 Å². The third-order valence-electron chi connectivity index (χ3n) is 9.75. The molecule has 0 bridgehead atoms. The van der Waals surface area contributed by atoms with Crippen LogP contribution in [-0.4, -0.2) is 84.6 Å². The molecular formula is C48H60Cl2HgN6P2. The van der Waals surface area contributed by atoms with Crippen molar-refractivity contribution in [3.05, 3.63) is 146 Å². The van der Waals surface area contributed by atoms with Gasteiger partial charge in [0.2, 0.25) is 0 Å². The fourth-order valence-corrected chi connectivity index (χ4v) is 10.8. The summed E-state index contributed by atoms with van der Waals surface area (Å²) in [6.45, 7) is 0. The number of nitrogens with zero attached hydrogens (tertiary/aromatic N) is 6. The minimum absolute atomic E-state index is 0. The van der Waals surface area contributed by atoms with Gasteiger partial charge in [0.25, 0.3) is 0 Å². The van der Waals surface area contributed by atoms with Crippen molar-refractivity contribution < 1.29 is 52.5 Å². The van der Waals surface area contributed by atoms with Gasteiger partial charge in [-0.25, -0.2) is 0 Å². The van der Waals surface area contributed by atoms with Gasteiger partial charge in [-0.05, 0) is 120 Å². The van der Waals surface area contributed by atoms with Crippen LogP contribution in [0.5, 0.6) is 0 Å². The molecule has 6 aromatic carbocycles. The van der Waals surface area contributed by atoms with E-state index in [0.29, 0.717) is 0 Å². The fourth-order valence-electron chi connectivity index (χ4n) is 6.29. The number of anilines is 6. The number of hydrogen-bond acceptors (Lipinski definition) is 6. The van der Waals surface area contributed by atoms with Crippen LogP contribution in [0.2, 0.25) is 0 Å². The van der Waals surface area contributed by atoms with Gasteiger partial charge in [0.15, 0.2) is 0 Å². The largest absolute Gasteiger partial charge is 2.00 e.